The summed E-state index contributed by atoms with van der Waals surface area (Å²) >= 11 is 0. The summed E-state index contributed by atoms with van der Waals surface area (Å²) in [5.74, 6) is 3.65. The molecule has 0 heterocycles. The van der Waals surface area contributed by atoms with Crippen molar-refractivity contribution < 1.29 is 28.5 Å². The lowest BCUT2D eigenvalue weighted by Gasteiger charge is -2.73. The van der Waals surface area contributed by atoms with Crippen LogP contribution in [0, 0.1) is 56.7 Å². The van der Waals surface area contributed by atoms with E-state index in [-0.39, 0.29) is 45.1 Å². The van der Waals surface area contributed by atoms with Crippen molar-refractivity contribution in [2.24, 2.45) is 56.7 Å². The van der Waals surface area contributed by atoms with Gasteiger partial charge in [0.05, 0.1) is 20.8 Å². The SMILES string of the molecule is C=C(C)[C@@H]1CC[C@]2(COC(=O)/C=C/c3ccc(OC)cc3)CC[C@]3(C)[C@H](CC[C@@H]4[C@@]5(C)CC[C@H](OC(=O)/C=C/c6ccc(OC)cc6)C(C)(C)[C@@H]5CC[C@]43C)[C@@H]12. The maximum atomic E-state index is 13.2. The maximum absolute atomic E-state index is 13.2. The van der Waals surface area contributed by atoms with Crippen molar-refractivity contribution in [3.63, 3.8) is 0 Å². The zero-order chi connectivity index (χ0) is 40.1. The van der Waals surface area contributed by atoms with Gasteiger partial charge in [0, 0.05) is 23.0 Å². The summed E-state index contributed by atoms with van der Waals surface area (Å²) in [6.07, 6.45) is 18.0. The van der Waals surface area contributed by atoms with Gasteiger partial charge in [-0.15, -0.1) is 0 Å². The molecule has 0 unspecified atom stereocenters. The largest absolute Gasteiger partial charge is 0.497 e. The second kappa shape index (κ2) is 15.2. The third kappa shape index (κ3) is 6.85. The summed E-state index contributed by atoms with van der Waals surface area (Å²) in [7, 11) is 3.31. The summed E-state index contributed by atoms with van der Waals surface area (Å²) in [5, 5.41) is 0. The third-order valence-electron chi connectivity index (χ3n) is 17.0. The zero-order valence-corrected chi connectivity index (χ0v) is 35.3. The Morgan fingerprint density at radius 3 is 1.89 bits per heavy atom. The highest BCUT2D eigenvalue weighted by Crippen LogP contribution is 2.77. The molecular weight excluding hydrogens is 697 g/mol. The van der Waals surface area contributed by atoms with Crippen molar-refractivity contribution in [3.05, 3.63) is 84.0 Å². The molecule has 10 atom stereocenters. The van der Waals surface area contributed by atoms with Crippen LogP contribution in [-0.2, 0) is 19.1 Å². The molecule has 0 aromatic heterocycles. The topological polar surface area (TPSA) is 71.1 Å². The van der Waals surface area contributed by atoms with Crippen molar-refractivity contribution in [1.29, 1.82) is 0 Å². The van der Waals surface area contributed by atoms with E-state index in [0.717, 1.165) is 61.2 Å². The van der Waals surface area contributed by atoms with Crippen LogP contribution in [0.1, 0.15) is 117 Å². The van der Waals surface area contributed by atoms with Crippen LogP contribution in [0.4, 0.5) is 0 Å². The van der Waals surface area contributed by atoms with Gasteiger partial charge in [-0.05, 0) is 165 Å². The maximum Gasteiger partial charge on any atom is 0.331 e. The van der Waals surface area contributed by atoms with E-state index in [2.05, 4.69) is 48.1 Å². The molecule has 0 amide bonds. The van der Waals surface area contributed by atoms with E-state index >= 15 is 0 Å². The number of allylic oxidation sites excluding steroid dienone is 1. The molecule has 0 spiro atoms. The molecule has 5 fully saturated rings. The Morgan fingerprint density at radius 2 is 1.30 bits per heavy atom. The minimum absolute atomic E-state index is 0.00649. The van der Waals surface area contributed by atoms with Crippen molar-refractivity contribution in [3.8, 4) is 11.5 Å². The van der Waals surface area contributed by atoms with Crippen molar-refractivity contribution in [1.82, 2.24) is 0 Å². The number of carbonyl (C=O) groups excluding carboxylic acids is 2. The van der Waals surface area contributed by atoms with E-state index in [1.165, 1.54) is 31.3 Å². The van der Waals surface area contributed by atoms with E-state index in [1.807, 2.05) is 60.7 Å². The first-order valence-corrected chi connectivity index (χ1v) is 21.3. The molecule has 2 aromatic rings. The Hall–Kier alpha value is -3.80. The van der Waals surface area contributed by atoms with E-state index in [9.17, 15) is 9.59 Å². The summed E-state index contributed by atoms with van der Waals surface area (Å²) in [4.78, 5) is 26.4. The number of carbonyl (C=O) groups is 2. The van der Waals surface area contributed by atoms with Crippen LogP contribution in [0.3, 0.4) is 0 Å². The summed E-state index contributed by atoms with van der Waals surface area (Å²) in [6.45, 7) is 19.9. The van der Waals surface area contributed by atoms with Crippen LogP contribution < -0.4 is 9.47 Å². The van der Waals surface area contributed by atoms with Crippen molar-refractivity contribution in [2.45, 2.75) is 112 Å². The van der Waals surface area contributed by atoms with E-state index in [4.69, 9.17) is 18.9 Å². The van der Waals surface area contributed by atoms with Crippen molar-refractivity contribution in [2.75, 3.05) is 20.8 Å². The minimum Gasteiger partial charge on any atom is -0.497 e. The van der Waals surface area contributed by atoms with Gasteiger partial charge in [-0.2, -0.15) is 0 Å². The lowest BCUT2D eigenvalue weighted by molar-refractivity contribution is -0.251. The molecule has 0 N–H and O–H groups in total. The molecule has 7 rings (SSSR count). The normalized spacial score (nSPS) is 37.1. The first-order chi connectivity index (χ1) is 26.6. The summed E-state index contributed by atoms with van der Waals surface area (Å²) in [5.41, 5.74) is 3.62. The van der Waals surface area contributed by atoms with Gasteiger partial charge in [0.15, 0.2) is 0 Å². The van der Waals surface area contributed by atoms with Gasteiger partial charge in [-0.3, -0.25) is 0 Å². The predicted molar refractivity (Wildman–Crippen MR) is 224 cm³/mol. The van der Waals surface area contributed by atoms with Crippen LogP contribution in [-0.4, -0.2) is 38.9 Å². The van der Waals surface area contributed by atoms with Gasteiger partial charge in [0.2, 0.25) is 0 Å². The highest BCUT2D eigenvalue weighted by Gasteiger charge is 2.71. The Kier molecular flexibility index (Phi) is 10.9. The lowest BCUT2D eigenvalue weighted by atomic mass is 9.32. The van der Waals surface area contributed by atoms with Gasteiger partial charge in [0.1, 0.15) is 17.6 Å². The van der Waals surface area contributed by atoms with Gasteiger partial charge in [-0.25, -0.2) is 9.59 Å². The zero-order valence-electron chi connectivity index (χ0n) is 35.3. The quantitative estimate of drug-likeness (QED) is 0.136. The molecule has 5 aliphatic carbocycles. The number of hydrogen-bond donors (Lipinski definition) is 0. The Morgan fingerprint density at radius 1 is 0.696 bits per heavy atom. The van der Waals surface area contributed by atoms with Gasteiger partial charge in [-0.1, -0.05) is 71.0 Å². The molecule has 0 bridgehead atoms. The van der Waals surface area contributed by atoms with Crippen LogP contribution >= 0.6 is 0 Å². The van der Waals surface area contributed by atoms with Crippen molar-refractivity contribution >= 4 is 24.1 Å². The van der Waals surface area contributed by atoms with Crippen LogP contribution in [0.5, 0.6) is 11.5 Å². The van der Waals surface area contributed by atoms with E-state index in [1.54, 1.807) is 26.4 Å². The van der Waals surface area contributed by atoms with Gasteiger partial charge >= 0.3 is 11.9 Å². The molecule has 5 saturated carbocycles. The summed E-state index contributed by atoms with van der Waals surface area (Å²) in [6, 6.07) is 15.4. The standard InChI is InChI=1S/C50H66O6/c1-33(2)38-24-29-50(32-55-43(51)22-14-34-10-16-36(53-8)17-11-34)31-30-48(6)39(45(38)50)20-21-41-47(5)27-26-42(46(3,4)40(47)25-28-49(41,48)7)56-44(52)23-15-35-12-18-37(54-9)19-13-35/h10-19,22-23,38-42,45H,1,20-21,24-32H2,2-9H3/b22-14+,23-15+/t38-,39+,40-,41+,42-,45+,47-,48+,49+,50+/m0/s1. The highest BCUT2D eigenvalue weighted by atomic mass is 16.5. The number of ether oxygens (including phenoxy) is 4. The van der Waals surface area contributed by atoms with Crippen LogP contribution in [0.25, 0.3) is 12.2 Å². The molecule has 6 nitrogen and oxygen atoms in total. The molecule has 5 aliphatic rings. The lowest BCUT2D eigenvalue weighted by Crippen LogP contribution is -2.67. The first-order valence-electron chi connectivity index (χ1n) is 21.3. The fraction of sp³-hybridized carbons (Fsp3) is 0.600. The fourth-order valence-corrected chi connectivity index (χ4v) is 13.9. The van der Waals surface area contributed by atoms with Gasteiger partial charge < -0.3 is 18.9 Å². The predicted octanol–water partition coefficient (Wildman–Crippen LogP) is 11.5. The first kappa shape index (κ1) is 40.4. The minimum atomic E-state index is -0.264. The average Bonchev–Trinajstić information content (AvgIpc) is 3.57. The van der Waals surface area contributed by atoms with Gasteiger partial charge in [0.25, 0.3) is 0 Å². The smallest absolute Gasteiger partial charge is 0.331 e. The molecule has 0 radical (unpaired) electrons. The molecule has 56 heavy (non-hydrogen) atoms. The number of hydrogen-bond acceptors (Lipinski definition) is 6. The van der Waals surface area contributed by atoms with E-state index < -0.39 is 0 Å². The monoisotopic (exact) mass is 762 g/mol. The number of fused-ring (bicyclic) bond motifs is 7. The summed E-state index contributed by atoms with van der Waals surface area (Å²) < 4.78 is 23.1. The fourth-order valence-electron chi connectivity index (χ4n) is 13.9. The highest BCUT2D eigenvalue weighted by molar-refractivity contribution is 5.87. The Labute approximate surface area is 336 Å². The second-order valence-corrected chi connectivity index (χ2v) is 19.7. The number of esters is 2. The number of benzene rings is 2. The third-order valence-corrected chi connectivity index (χ3v) is 17.0. The molecule has 0 aliphatic heterocycles. The average molecular weight is 763 g/mol. The Balaban J connectivity index is 1.06. The molecular formula is C50H66O6. The molecule has 2 aromatic carbocycles. The second-order valence-electron chi connectivity index (χ2n) is 19.7. The van der Waals surface area contributed by atoms with E-state index in [0.29, 0.717) is 36.2 Å². The number of methoxy groups -OCH3 is 2. The molecule has 0 saturated heterocycles. The molecule has 6 heteroatoms. The Bertz CT molecular complexity index is 1840. The molecule has 302 valence electrons. The number of rotatable bonds is 10. The van der Waals surface area contributed by atoms with Crippen LogP contribution in [0.15, 0.2) is 72.8 Å². The van der Waals surface area contributed by atoms with Crippen LogP contribution in [0.2, 0.25) is 0 Å².